The fourth-order valence-corrected chi connectivity index (χ4v) is 1.77. The van der Waals surface area contributed by atoms with Crippen molar-refractivity contribution in [1.82, 2.24) is 4.98 Å². The van der Waals surface area contributed by atoms with Gasteiger partial charge in [-0.25, -0.2) is 0 Å². The second-order valence-electron chi connectivity index (χ2n) is 2.87. The Morgan fingerprint density at radius 1 is 1.27 bits per heavy atom. The van der Waals surface area contributed by atoms with Gasteiger partial charge in [0.25, 0.3) is 5.69 Å². The molecule has 0 unspecified atom stereocenters. The van der Waals surface area contributed by atoms with Crippen LogP contribution in [0.25, 0.3) is 11.3 Å². The molecule has 1 N–H and O–H groups in total. The molecule has 1 aromatic carbocycles. The monoisotopic (exact) mass is 222 g/mol. The van der Waals surface area contributed by atoms with Crippen LogP contribution in [0, 0.1) is 10.1 Å². The summed E-state index contributed by atoms with van der Waals surface area (Å²) >= 11 is 1.06. The number of aromatic amines is 1. The van der Waals surface area contributed by atoms with Crippen LogP contribution in [-0.2, 0) is 0 Å². The smallest absolute Gasteiger partial charge is 0.304 e. The molecule has 5 nitrogen and oxygen atoms in total. The Morgan fingerprint density at radius 2 is 1.93 bits per heavy atom. The lowest BCUT2D eigenvalue weighted by molar-refractivity contribution is -0.384. The number of non-ortho nitro benzene ring substituents is 1. The van der Waals surface area contributed by atoms with Crippen LogP contribution in [0.1, 0.15) is 0 Å². The van der Waals surface area contributed by atoms with Crippen molar-refractivity contribution in [2.75, 3.05) is 0 Å². The van der Waals surface area contributed by atoms with E-state index >= 15 is 0 Å². The summed E-state index contributed by atoms with van der Waals surface area (Å²) in [5, 5.41) is 12.1. The van der Waals surface area contributed by atoms with E-state index in [9.17, 15) is 14.9 Å². The highest BCUT2D eigenvalue weighted by molar-refractivity contribution is 7.07. The zero-order chi connectivity index (χ0) is 10.8. The highest BCUT2D eigenvalue weighted by atomic mass is 32.1. The first-order valence-electron chi connectivity index (χ1n) is 4.09. The number of nitrogens with one attached hydrogen (secondary N) is 1. The van der Waals surface area contributed by atoms with Crippen LogP contribution < -0.4 is 4.87 Å². The molecule has 1 heterocycles. The highest BCUT2D eigenvalue weighted by Crippen LogP contribution is 2.20. The first kappa shape index (κ1) is 9.60. The van der Waals surface area contributed by atoms with Crippen molar-refractivity contribution >= 4 is 17.0 Å². The average molecular weight is 222 g/mol. The number of hydrogen-bond acceptors (Lipinski definition) is 4. The standard InChI is InChI=1S/C9H6N2O3S/c12-9-10-8(5-15-9)6-1-3-7(4-2-6)11(13)14/h1-5H,(H,10,12). The van der Waals surface area contributed by atoms with E-state index in [0.29, 0.717) is 5.69 Å². The van der Waals surface area contributed by atoms with Gasteiger partial charge in [-0.2, -0.15) is 0 Å². The van der Waals surface area contributed by atoms with Gasteiger partial charge in [0.1, 0.15) is 0 Å². The average Bonchev–Trinajstić information content (AvgIpc) is 2.65. The van der Waals surface area contributed by atoms with Gasteiger partial charge in [-0.3, -0.25) is 14.9 Å². The van der Waals surface area contributed by atoms with Gasteiger partial charge in [0.2, 0.25) is 0 Å². The third kappa shape index (κ3) is 1.94. The first-order chi connectivity index (χ1) is 7.16. The molecule has 2 rings (SSSR count). The lowest BCUT2D eigenvalue weighted by Crippen LogP contribution is -1.92. The van der Waals surface area contributed by atoms with E-state index in [-0.39, 0.29) is 10.6 Å². The topological polar surface area (TPSA) is 76.0 Å². The summed E-state index contributed by atoms with van der Waals surface area (Å²) in [4.78, 5) is 23.3. The molecule has 2 aromatic rings. The second kappa shape index (κ2) is 3.66. The summed E-state index contributed by atoms with van der Waals surface area (Å²) in [6.45, 7) is 0. The van der Waals surface area contributed by atoms with E-state index in [0.717, 1.165) is 16.9 Å². The normalized spacial score (nSPS) is 10.1. The first-order valence-corrected chi connectivity index (χ1v) is 4.97. The molecule has 0 saturated carbocycles. The van der Waals surface area contributed by atoms with Gasteiger partial charge in [0.15, 0.2) is 0 Å². The number of hydrogen-bond donors (Lipinski definition) is 1. The number of nitrogens with zero attached hydrogens (tertiary/aromatic N) is 1. The predicted molar refractivity (Wildman–Crippen MR) is 57.0 cm³/mol. The minimum absolute atomic E-state index is 0.0383. The summed E-state index contributed by atoms with van der Waals surface area (Å²) in [5.74, 6) is 0. The molecular weight excluding hydrogens is 216 g/mol. The molecule has 0 aliphatic heterocycles. The molecular formula is C9H6N2O3S. The molecule has 0 saturated heterocycles. The van der Waals surface area contributed by atoms with E-state index in [1.165, 1.54) is 12.1 Å². The van der Waals surface area contributed by atoms with Gasteiger partial charge >= 0.3 is 4.87 Å². The zero-order valence-electron chi connectivity index (χ0n) is 7.47. The van der Waals surface area contributed by atoms with Crippen molar-refractivity contribution in [2.45, 2.75) is 0 Å². The highest BCUT2D eigenvalue weighted by Gasteiger charge is 2.05. The van der Waals surface area contributed by atoms with Crippen LogP contribution in [0.4, 0.5) is 5.69 Å². The molecule has 0 aliphatic carbocycles. The van der Waals surface area contributed by atoms with Crippen molar-refractivity contribution < 1.29 is 4.92 Å². The van der Waals surface area contributed by atoms with Crippen LogP contribution in [0.3, 0.4) is 0 Å². The Bertz CT molecular complexity index is 541. The molecule has 0 amide bonds. The molecule has 0 radical (unpaired) electrons. The maximum absolute atomic E-state index is 10.9. The van der Waals surface area contributed by atoms with Crippen LogP contribution in [0.5, 0.6) is 0 Å². The van der Waals surface area contributed by atoms with Crippen molar-refractivity contribution in [3.8, 4) is 11.3 Å². The Balaban J connectivity index is 2.39. The SMILES string of the molecule is O=c1[nH]c(-c2ccc([N+](=O)[O-])cc2)cs1. The Morgan fingerprint density at radius 3 is 2.40 bits per heavy atom. The molecule has 0 bridgehead atoms. The Labute approximate surface area is 88.2 Å². The minimum atomic E-state index is -0.458. The van der Waals surface area contributed by atoms with Crippen LogP contribution in [0.15, 0.2) is 34.4 Å². The number of H-pyrrole nitrogens is 1. The van der Waals surface area contributed by atoms with E-state index in [2.05, 4.69) is 4.98 Å². The number of nitro benzene ring substituents is 1. The van der Waals surface area contributed by atoms with Crippen LogP contribution in [0.2, 0.25) is 0 Å². The molecule has 0 spiro atoms. The summed E-state index contributed by atoms with van der Waals surface area (Å²) in [5.41, 5.74) is 1.48. The van der Waals surface area contributed by atoms with Crippen LogP contribution in [-0.4, -0.2) is 9.91 Å². The maximum Gasteiger partial charge on any atom is 0.304 e. The number of benzene rings is 1. The molecule has 15 heavy (non-hydrogen) atoms. The molecule has 0 fully saturated rings. The number of thiazole rings is 1. The molecule has 0 aliphatic rings. The fourth-order valence-electron chi connectivity index (χ4n) is 1.18. The zero-order valence-corrected chi connectivity index (χ0v) is 8.28. The lowest BCUT2D eigenvalue weighted by Gasteiger charge is -1.95. The molecule has 6 heteroatoms. The van der Waals surface area contributed by atoms with E-state index in [1.807, 2.05) is 0 Å². The lowest BCUT2D eigenvalue weighted by atomic mass is 10.1. The van der Waals surface area contributed by atoms with Crippen molar-refractivity contribution in [3.63, 3.8) is 0 Å². The van der Waals surface area contributed by atoms with E-state index in [4.69, 9.17) is 0 Å². The van der Waals surface area contributed by atoms with Gasteiger partial charge in [-0.1, -0.05) is 11.3 Å². The van der Waals surface area contributed by atoms with Crippen LogP contribution >= 0.6 is 11.3 Å². The maximum atomic E-state index is 10.9. The quantitative estimate of drug-likeness (QED) is 0.623. The predicted octanol–water partition coefficient (Wildman–Crippen LogP) is 2.01. The molecule has 76 valence electrons. The number of aromatic nitrogens is 1. The van der Waals surface area contributed by atoms with E-state index < -0.39 is 4.92 Å². The fraction of sp³-hybridized carbons (Fsp3) is 0. The Kier molecular flexibility index (Phi) is 2.34. The molecule has 1 aromatic heterocycles. The summed E-state index contributed by atoms with van der Waals surface area (Å²) in [6.07, 6.45) is 0. The van der Waals surface area contributed by atoms with Gasteiger partial charge in [0.05, 0.1) is 10.6 Å². The van der Waals surface area contributed by atoms with Gasteiger partial charge in [0, 0.05) is 17.5 Å². The number of nitro groups is 1. The van der Waals surface area contributed by atoms with Gasteiger partial charge < -0.3 is 4.98 Å². The van der Waals surface area contributed by atoms with E-state index in [1.54, 1.807) is 17.5 Å². The largest absolute Gasteiger partial charge is 0.312 e. The minimum Gasteiger partial charge on any atom is -0.312 e. The van der Waals surface area contributed by atoms with Crippen molar-refractivity contribution in [2.24, 2.45) is 0 Å². The summed E-state index contributed by atoms with van der Waals surface area (Å²) in [7, 11) is 0. The Hall–Kier alpha value is -1.95. The summed E-state index contributed by atoms with van der Waals surface area (Å²) < 4.78 is 0. The van der Waals surface area contributed by atoms with Crippen molar-refractivity contribution in [1.29, 1.82) is 0 Å². The third-order valence-electron chi connectivity index (χ3n) is 1.91. The summed E-state index contributed by atoms with van der Waals surface area (Å²) in [6, 6.07) is 6.03. The number of rotatable bonds is 2. The van der Waals surface area contributed by atoms with Crippen molar-refractivity contribution in [3.05, 3.63) is 49.4 Å². The van der Waals surface area contributed by atoms with Gasteiger partial charge in [-0.15, -0.1) is 0 Å². The van der Waals surface area contributed by atoms with Gasteiger partial charge in [-0.05, 0) is 17.7 Å². The second-order valence-corrected chi connectivity index (χ2v) is 3.71. The molecule has 0 atom stereocenters. The third-order valence-corrected chi connectivity index (χ3v) is 2.58.